The monoisotopic (exact) mass is 569 g/mol. The van der Waals surface area contributed by atoms with E-state index in [2.05, 4.69) is 16.9 Å². The number of ketones is 1. The van der Waals surface area contributed by atoms with Gasteiger partial charge in [0.25, 0.3) is 0 Å². The van der Waals surface area contributed by atoms with Crippen LogP contribution in [0.1, 0.15) is 102 Å². The van der Waals surface area contributed by atoms with Crippen molar-refractivity contribution in [3.05, 3.63) is 35.9 Å². The van der Waals surface area contributed by atoms with Gasteiger partial charge >= 0.3 is 12.1 Å². The topological polar surface area (TPSA) is 79.4 Å². The summed E-state index contributed by atoms with van der Waals surface area (Å²) in [6, 6.07) is 10.4. The second-order valence-electron chi connectivity index (χ2n) is 12.1. The minimum Gasteiger partial charge on any atom is -0.445 e. The SMILES string of the molecule is CCN(CCCC(=O)C1CCN(C(=O)OCc2ccccc2)CC1)CC(=O)ON(C1CCCCC1)C1CCCCC1. The number of likely N-dealkylation sites (tertiary alicyclic amines) is 1. The molecule has 3 fully saturated rings. The second-order valence-corrected chi connectivity index (χ2v) is 12.1. The highest BCUT2D eigenvalue weighted by Gasteiger charge is 2.32. The quantitative estimate of drug-likeness (QED) is 0.264. The van der Waals surface area contributed by atoms with Crippen molar-refractivity contribution in [3.8, 4) is 0 Å². The number of likely N-dealkylation sites (N-methyl/N-ethyl adjacent to an activating group) is 1. The minimum atomic E-state index is -0.309. The molecule has 1 aliphatic heterocycles. The summed E-state index contributed by atoms with van der Waals surface area (Å²) in [5.74, 6) is 0.0929. The van der Waals surface area contributed by atoms with Crippen molar-refractivity contribution in [2.75, 3.05) is 32.7 Å². The fraction of sp³-hybridized carbons (Fsp3) is 0.727. The van der Waals surface area contributed by atoms with Crippen molar-refractivity contribution < 1.29 is 24.0 Å². The van der Waals surface area contributed by atoms with Gasteiger partial charge in [0.05, 0.1) is 6.54 Å². The normalized spacial score (nSPS) is 19.4. The molecule has 0 atom stereocenters. The van der Waals surface area contributed by atoms with Crippen molar-refractivity contribution in [1.29, 1.82) is 0 Å². The Morgan fingerprint density at radius 3 is 2.05 bits per heavy atom. The highest BCUT2D eigenvalue weighted by atomic mass is 16.7. The van der Waals surface area contributed by atoms with Gasteiger partial charge < -0.3 is 14.5 Å². The number of hydrogen-bond acceptors (Lipinski definition) is 7. The summed E-state index contributed by atoms with van der Waals surface area (Å²) in [5, 5.41) is 2.10. The van der Waals surface area contributed by atoms with E-state index >= 15 is 0 Å². The van der Waals surface area contributed by atoms with Gasteiger partial charge in [0.2, 0.25) is 0 Å². The number of piperidine rings is 1. The van der Waals surface area contributed by atoms with Crippen LogP contribution in [-0.2, 0) is 25.8 Å². The molecule has 4 rings (SSSR count). The fourth-order valence-corrected chi connectivity index (χ4v) is 6.67. The molecule has 1 heterocycles. The zero-order valence-corrected chi connectivity index (χ0v) is 25.1. The molecule has 2 aliphatic carbocycles. The van der Waals surface area contributed by atoms with E-state index < -0.39 is 0 Å². The lowest BCUT2D eigenvalue weighted by atomic mass is 9.90. The van der Waals surface area contributed by atoms with Crippen molar-refractivity contribution >= 4 is 17.8 Å². The zero-order chi connectivity index (χ0) is 28.9. The van der Waals surface area contributed by atoms with Gasteiger partial charge in [0.1, 0.15) is 12.4 Å². The Labute approximate surface area is 246 Å². The Hall–Kier alpha value is -2.45. The number of nitrogens with zero attached hydrogens (tertiary/aromatic N) is 3. The second kappa shape index (κ2) is 16.9. The number of hydrogen-bond donors (Lipinski definition) is 0. The standard InChI is InChI=1S/C33H51N3O5/c1-2-34(25-32(38)41-36(29-15-8-4-9-16-29)30-17-10-5-11-18-30)22-12-19-31(37)28-20-23-35(24-21-28)33(39)40-26-27-13-6-3-7-14-27/h3,6-7,13-14,28-30H,2,4-5,8-12,15-26H2,1H3. The smallest absolute Gasteiger partial charge is 0.410 e. The van der Waals surface area contributed by atoms with Crippen LogP contribution < -0.4 is 0 Å². The molecule has 228 valence electrons. The number of Topliss-reactive ketones (excluding diaryl/α,β-unsaturated/α-hetero) is 1. The Morgan fingerprint density at radius 1 is 0.854 bits per heavy atom. The maximum atomic E-state index is 13.1. The molecular formula is C33H51N3O5. The number of hydroxylamine groups is 2. The van der Waals surface area contributed by atoms with Crippen LogP contribution in [0.4, 0.5) is 4.79 Å². The van der Waals surface area contributed by atoms with Crippen molar-refractivity contribution in [2.24, 2.45) is 5.92 Å². The third-order valence-electron chi connectivity index (χ3n) is 9.19. The first-order valence-corrected chi connectivity index (χ1v) is 16.2. The molecule has 0 radical (unpaired) electrons. The summed E-state index contributed by atoms with van der Waals surface area (Å²) in [6.45, 7) is 5.14. The predicted octanol–water partition coefficient (Wildman–Crippen LogP) is 6.13. The zero-order valence-electron chi connectivity index (χ0n) is 25.1. The number of amides is 1. The molecule has 2 saturated carbocycles. The molecule has 41 heavy (non-hydrogen) atoms. The molecular weight excluding hydrogens is 518 g/mol. The predicted molar refractivity (Wildman–Crippen MR) is 159 cm³/mol. The molecule has 0 spiro atoms. The molecule has 1 aromatic carbocycles. The number of rotatable bonds is 13. The fourth-order valence-electron chi connectivity index (χ4n) is 6.67. The molecule has 1 amide bonds. The van der Waals surface area contributed by atoms with Gasteiger partial charge in [-0.25, -0.2) is 9.59 Å². The highest BCUT2D eigenvalue weighted by Crippen LogP contribution is 2.30. The van der Waals surface area contributed by atoms with E-state index in [0.717, 1.165) is 44.2 Å². The number of ether oxygens (including phenoxy) is 1. The molecule has 0 bridgehead atoms. The van der Waals surface area contributed by atoms with Gasteiger partial charge in [0.15, 0.2) is 0 Å². The molecule has 0 unspecified atom stereocenters. The molecule has 8 nitrogen and oxygen atoms in total. The van der Waals surface area contributed by atoms with Crippen LogP contribution in [0.2, 0.25) is 0 Å². The summed E-state index contributed by atoms with van der Waals surface area (Å²) >= 11 is 0. The first-order valence-electron chi connectivity index (χ1n) is 16.2. The van der Waals surface area contributed by atoms with Crippen LogP contribution in [0.25, 0.3) is 0 Å². The Morgan fingerprint density at radius 2 is 1.46 bits per heavy atom. The third kappa shape index (κ3) is 10.1. The van der Waals surface area contributed by atoms with Crippen LogP contribution >= 0.6 is 0 Å². The summed E-state index contributed by atoms with van der Waals surface area (Å²) in [6.07, 6.45) is 14.2. The molecule has 3 aliphatic rings. The van der Waals surface area contributed by atoms with Crippen LogP contribution in [0.5, 0.6) is 0 Å². The van der Waals surface area contributed by atoms with Crippen LogP contribution in [0.3, 0.4) is 0 Å². The van der Waals surface area contributed by atoms with E-state index in [1.54, 1.807) is 4.90 Å². The lowest BCUT2D eigenvalue weighted by Gasteiger charge is -2.39. The van der Waals surface area contributed by atoms with E-state index in [9.17, 15) is 14.4 Å². The Bertz CT molecular complexity index is 919. The van der Waals surface area contributed by atoms with Crippen molar-refractivity contribution in [1.82, 2.24) is 14.9 Å². The minimum absolute atomic E-state index is 0.00670. The van der Waals surface area contributed by atoms with E-state index in [1.165, 1.54) is 38.5 Å². The van der Waals surface area contributed by atoms with Crippen LogP contribution in [-0.4, -0.2) is 77.5 Å². The molecule has 0 N–H and O–H groups in total. The van der Waals surface area contributed by atoms with Crippen molar-refractivity contribution in [2.45, 2.75) is 116 Å². The molecule has 0 aromatic heterocycles. The number of carbonyl (C=O) groups is 3. The van der Waals surface area contributed by atoms with Gasteiger partial charge in [0, 0.05) is 37.5 Å². The highest BCUT2D eigenvalue weighted by molar-refractivity contribution is 5.81. The number of carbonyl (C=O) groups excluding carboxylic acids is 3. The summed E-state index contributed by atoms with van der Waals surface area (Å²) in [5.41, 5.74) is 0.964. The molecule has 8 heteroatoms. The lowest BCUT2D eigenvalue weighted by Crippen LogP contribution is -2.47. The van der Waals surface area contributed by atoms with Gasteiger partial charge in [-0.15, -0.1) is 5.06 Å². The van der Waals surface area contributed by atoms with Crippen molar-refractivity contribution in [3.63, 3.8) is 0 Å². The largest absolute Gasteiger partial charge is 0.445 e. The first kappa shape index (κ1) is 31.5. The van der Waals surface area contributed by atoms with Gasteiger partial charge in [-0.1, -0.05) is 75.8 Å². The average molecular weight is 570 g/mol. The van der Waals surface area contributed by atoms with Crippen LogP contribution in [0.15, 0.2) is 30.3 Å². The van der Waals surface area contributed by atoms with Gasteiger partial charge in [-0.2, -0.15) is 0 Å². The molecule has 1 aromatic rings. The Balaban J connectivity index is 1.14. The lowest BCUT2D eigenvalue weighted by molar-refractivity contribution is -0.223. The molecule has 1 saturated heterocycles. The first-order chi connectivity index (χ1) is 20.0. The third-order valence-corrected chi connectivity index (χ3v) is 9.19. The average Bonchev–Trinajstić information content (AvgIpc) is 3.03. The van der Waals surface area contributed by atoms with E-state index in [-0.39, 0.29) is 36.9 Å². The van der Waals surface area contributed by atoms with E-state index in [4.69, 9.17) is 9.57 Å². The maximum absolute atomic E-state index is 13.1. The van der Waals surface area contributed by atoms with E-state index in [1.807, 2.05) is 30.3 Å². The number of benzene rings is 1. The summed E-state index contributed by atoms with van der Waals surface area (Å²) in [7, 11) is 0. The summed E-state index contributed by atoms with van der Waals surface area (Å²) < 4.78 is 5.45. The van der Waals surface area contributed by atoms with Gasteiger partial charge in [-0.3, -0.25) is 9.69 Å². The maximum Gasteiger partial charge on any atom is 0.410 e. The Kier molecular flexibility index (Phi) is 12.9. The van der Waals surface area contributed by atoms with Gasteiger partial charge in [-0.05, 0) is 63.6 Å². The van der Waals surface area contributed by atoms with Crippen LogP contribution in [0, 0.1) is 5.92 Å². The summed E-state index contributed by atoms with van der Waals surface area (Å²) in [4.78, 5) is 48.3. The van der Waals surface area contributed by atoms with E-state index in [0.29, 0.717) is 51.0 Å².